The molecule has 2 rings (SSSR count). The molecule has 2 nitrogen and oxygen atoms in total. The standard InChI is InChI=1S/C9H9F2NO/c10-9(11)4-6-3-7(13)1-2-8(6)12-5-9/h1-3,12-13H,4-5H2. The maximum absolute atomic E-state index is 12.9. The van der Waals surface area contributed by atoms with Crippen molar-refractivity contribution < 1.29 is 13.9 Å². The van der Waals surface area contributed by atoms with E-state index in [1.165, 1.54) is 12.1 Å². The lowest BCUT2D eigenvalue weighted by Gasteiger charge is -2.25. The molecule has 0 amide bonds. The predicted octanol–water partition coefficient (Wildman–Crippen LogP) is 2.00. The van der Waals surface area contributed by atoms with Gasteiger partial charge in [-0.15, -0.1) is 0 Å². The van der Waals surface area contributed by atoms with Gasteiger partial charge >= 0.3 is 0 Å². The van der Waals surface area contributed by atoms with Crippen LogP contribution in [0.5, 0.6) is 5.75 Å². The topological polar surface area (TPSA) is 32.3 Å². The Hall–Kier alpha value is -1.32. The van der Waals surface area contributed by atoms with Crippen LogP contribution < -0.4 is 5.32 Å². The second-order valence-corrected chi connectivity index (χ2v) is 3.23. The number of alkyl halides is 2. The summed E-state index contributed by atoms with van der Waals surface area (Å²) in [7, 11) is 0. The Balaban J connectivity index is 2.38. The van der Waals surface area contributed by atoms with Gasteiger partial charge in [-0.2, -0.15) is 0 Å². The van der Waals surface area contributed by atoms with Crippen molar-refractivity contribution >= 4 is 5.69 Å². The van der Waals surface area contributed by atoms with E-state index in [0.717, 1.165) is 0 Å². The Kier molecular flexibility index (Phi) is 1.65. The molecule has 1 aromatic rings. The zero-order chi connectivity index (χ0) is 9.47. The molecule has 1 aliphatic heterocycles. The maximum atomic E-state index is 12.9. The zero-order valence-electron chi connectivity index (χ0n) is 6.85. The normalized spacial score (nSPS) is 18.9. The zero-order valence-corrected chi connectivity index (χ0v) is 6.85. The molecule has 0 atom stereocenters. The number of benzene rings is 1. The van der Waals surface area contributed by atoms with Crippen molar-refractivity contribution in [3.63, 3.8) is 0 Å². The summed E-state index contributed by atoms with van der Waals surface area (Å²) in [5, 5.41) is 11.7. The van der Waals surface area contributed by atoms with Gasteiger partial charge in [-0.25, -0.2) is 8.78 Å². The quantitative estimate of drug-likeness (QED) is 0.606. The summed E-state index contributed by atoms with van der Waals surface area (Å²) in [6, 6.07) is 4.46. The van der Waals surface area contributed by atoms with Crippen LogP contribution in [0.1, 0.15) is 5.56 Å². The Morgan fingerprint density at radius 2 is 2.15 bits per heavy atom. The fourth-order valence-electron chi connectivity index (χ4n) is 1.46. The van der Waals surface area contributed by atoms with Gasteiger partial charge in [0.1, 0.15) is 5.75 Å². The van der Waals surface area contributed by atoms with Crippen LogP contribution >= 0.6 is 0 Å². The number of phenolic OH excluding ortho intramolecular Hbond substituents is 1. The first-order chi connectivity index (χ1) is 6.07. The molecule has 0 spiro atoms. The molecule has 0 aliphatic carbocycles. The highest BCUT2D eigenvalue weighted by Crippen LogP contribution is 2.32. The third kappa shape index (κ3) is 1.56. The lowest BCUT2D eigenvalue weighted by atomic mass is 10.0. The first-order valence-corrected chi connectivity index (χ1v) is 4.00. The van der Waals surface area contributed by atoms with Crippen molar-refractivity contribution in [1.82, 2.24) is 0 Å². The van der Waals surface area contributed by atoms with E-state index in [1.807, 2.05) is 0 Å². The number of hydrogen-bond donors (Lipinski definition) is 2. The fraction of sp³-hybridized carbons (Fsp3) is 0.333. The average molecular weight is 185 g/mol. The molecule has 0 fully saturated rings. The molecule has 70 valence electrons. The van der Waals surface area contributed by atoms with Crippen molar-refractivity contribution in [2.24, 2.45) is 0 Å². The highest BCUT2D eigenvalue weighted by Gasteiger charge is 2.33. The van der Waals surface area contributed by atoms with E-state index in [9.17, 15) is 8.78 Å². The lowest BCUT2D eigenvalue weighted by molar-refractivity contribution is 0.0129. The number of anilines is 1. The predicted molar refractivity (Wildman–Crippen MR) is 45.2 cm³/mol. The summed E-state index contributed by atoms with van der Waals surface area (Å²) in [6.07, 6.45) is -0.302. The van der Waals surface area contributed by atoms with Crippen LogP contribution in [0.15, 0.2) is 18.2 Å². The van der Waals surface area contributed by atoms with Crippen LogP contribution in [0.2, 0.25) is 0 Å². The number of fused-ring (bicyclic) bond motifs is 1. The van der Waals surface area contributed by atoms with Crippen LogP contribution in [0.4, 0.5) is 14.5 Å². The molecular weight excluding hydrogens is 176 g/mol. The molecule has 1 aliphatic rings. The molecule has 2 N–H and O–H groups in total. The molecule has 1 heterocycles. The van der Waals surface area contributed by atoms with E-state index in [4.69, 9.17) is 5.11 Å². The highest BCUT2D eigenvalue weighted by atomic mass is 19.3. The molecule has 4 heteroatoms. The minimum atomic E-state index is -2.71. The van der Waals surface area contributed by atoms with E-state index in [2.05, 4.69) is 5.32 Å². The van der Waals surface area contributed by atoms with E-state index < -0.39 is 5.92 Å². The lowest BCUT2D eigenvalue weighted by Crippen LogP contribution is -2.34. The number of phenols is 1. The van der Waals surface area contributed by atoms with Gasteiger partial charge in [0.25, 0.3) is 5.92 Å². The minimum Gasteiger partial charge on any atom is -0.508 e. The molecule has 0 unspecified atom stereocenters. The van der Waals surface area contributed by atoms with E-state index in [-0.39, 0.29) is 18.7 Å². The van der Waals surface area contributed by atoms with Gasteiger partial charge in [0, 0.05) is 12.1 Å². The second-order valence-electron chi connectivity index (χ2n) is 3.23. The molecule has 0 saturated carbocycles. The van der Waals surface area contributed by atoms with E-state index in [0.29, 0.717) is 11.3 Å². The number of nitrogens with one attached hydrogen (secondary N) is 1. The van der Waals surface area contributed by atoms with Crippen molar-refractivity contribution in [2.75, 3.05) is 11.9 Å². The van der Waals surface area contributed by atoms with Crippen LogP contribution in [-0.4, -0.2) is 17.6 Å². The van der Waals surface area contributed by atoms with Gasteiger partial charge in [0.05, 0.1) is 6.54 Å². The van der Waals surface area contributed by atoms with Gasteiger partial charge in [-0.3, -0.25) is 0 Å². The summed E-state index contributed by atoms with van der Waals surface area (Å²) in [6.45, 7) is -0.329. The van der Waals surface area contributed by atoms with Crippen molar-refractivity contribution in [2.45, 2.75) is 12.3 Å². The monoisotopic (exact) mass is 185 g/mol. The van der Waals surface area contributed by atoms with Gasteiger partial charge < -0.3 is 10.4 Å². The number of halogens is 2. The van der Waals surface area contributed by atoms with Crippen molar-refractivity contribution in [3.05, 3.63) is 23.8 Å². The molecule has 0 radical (unpaired) electrons. The Morgan fingerprint density at radius 3 is 2.92 bits per heavy atom. The molecule has 0 bridgehead atoms. The fourth-order valence-corrected chi connectivity index (χ4v) is 1.46. The van der Waals surface area contributed by atoms with E-state index >= 15 is 0 Å². The van der Waals surface area contributed by atoms with Crippen molar-refractivity contribution in [1.29, 1.82) is 0 Å². The van der Waals surface area contributed by atoms with Gasteiger partial charge in [0.15, 0.2) is 0 Å². The SMILES string of the molecule is Oc1ccc2c(c1)CC(F)(F)CN2. The summed E-state index contributed by atoms with van der Waals surface area (Å²) < 4.78 is 25.7. The highest BCUT2D eigenvalue weighted by molar-refractivity contribution is 5.56. The molecule has 0 aromatic heterocycles. The third-order valence-corrected chi connectivity index (χ3v) is 2.08. The number of aromatic hydroxyl groups is 1. The second kappa shape index (κ2) is 2.58. The molecule has 13 heavy (non-hydrogen) atoms. The number of hydrogen-bond acceptors (Lipinski definition) is 2. The van der Waals surface area contributed by atoms with E-state index in [1.54, 1.807) is 6.07 Å². The average Bonchev–Trinajstić information content (AvgIpc) is 2.01. The van der Waals surface area contributed by atoms with Gasteiger partial charge in [-0.05, 0) is 23.8 Å². The van der Waals surface area contributed by atoms with Crippen molar-refractivity contribution in [3.8, 4) is 5.75 Å². The van der Waals surface area contributed by atoms with Gasteiger partial charge in [0.2, 0.25) is 0 Å². The third-order valence-electron chi connectivity index (χ3n) is 2.08. The maximum Gasteiger partial charge on any atom is 0.269 e. The van der Waals surface area contributed by atoms with Crippen LogP contribution in [0.3, 0.4) is 0 Å². The first-order valence-electron chi connectivity index (χ1n) is 4.00. The molecule has 1 aromatic carbocycles. The Labute approximate surface area is 74.2 Å². The van der Waals surface area contributed by atoms with Crippen LogP contribution in [-0.2, 0) is 6.42 Å². The largest absolute Gasteiger partial charge is 0.508 e. The molecule has 0 saturated heterocycles. The van der Waals surface area contributed by atoms with Crippen LogP contribution in [0.25, 0.3) is 0 Å². The summed E-state index contributed by atoms with van der Waals surface area (Å²) in [5.74, 6) is -2.68. The number of rotatable bonds is 0. The first kappa shape index (κ1) is 8.29. The Bertz CT molecular complexity index is 338. The smallest absolute Gasteiger partial charge is 0.269 e. The van der Waals surface area contributed by atoms with Crippen LogP contribution in [0, 0.1) is 0 Å². The Morgan fingerprint density at radius 1 is 1.38 bits per heavy atom. The molecular formula is C9H9F2NO. The summed E-state index contributed by atoms with van der Waals surface area (Å²) in [5.41, 5.74) is 1.15. The summed E-state index contributed by atoms with van der Waals surface area (Å²) in [4.78, 5) is 0. The van der Waals surface area contributed by atoms with Gasteiger partial charge in [-0.1, -0.05) is 0 Å². The summed E-state index contributed by atoms with van der Waals surface area (Å²) >= 11 is 0. The minimum absolute atomic E-state index is 0.0262.